The highest BCUT2D eigenvalue weighted by Crippen LogP contribution is 2.31. The smallest absolute Gasteiger partial charge is 0.257 e. The zero-order chi connectivity index (χ0) is 18.0. The van der Waals surface area contributed by atoms with Crippen molar-refractivity contribution in [3.63, 3.8) is 0 Å². The van der Waals surface area contributed by atoms with Crippen molar-refractivity contribution >= 4 is 40.5 Å². The SMILES string of the molecule is CN1CCN(c2ccc(Cl)cc2NC(=O)c2ccc(F)cc2Cl)CC1. The van der Waals surface area contributed by atoms with E-state index < -0.39 is 11.7 Å². The maximum atomic E-state index is 13.2. The van der Waals surface area contributed by atoms with E-state index in [1.54, 1.807) is 12.1 Å². The molecule has 1 heterocycles. The van der Waals surface area contributed by atoms with Crippen LogP contribution in [0.1, 0.15) is 10.4 Å². The van der Waals surface area contributed by atoms with Gasteiger partial charge in [-0.25, -0.2) is 4.39 Å². The molecule has 132 valence electrons. The molecule has 4 nitrogen and oxygen atoms in total. The summed E-state index contributed by atoms with van der Waals surface area (Å²) in [4.78, 5) is 17.0. The molecule has 0 unspecified atom stereocenters. The first kappa shape index (κ1) is 18.0. The minimum atomic E-state index is -0.484. The third-order valence-electron chi connectivity index (χ3n) is 4.23. The Kier molecular flexibility index (Phi) is 5.47. The molecule has 0 radical (unpaired) electrons. The van der Waals surface area contributed by atoms with E-state index in [1.807, 2.05) is 6.07 Å². The molecule has 1 N–H and O–H groups in total. The Hall–Kier alpha value is -1.82. The summed E-state index contributed by atoms with van der Waals surface area (Å²) in [7, 11) is 2.08. The first-order chi connectivity index (χ1) is 11.9. The van der Waals surface area contributed by atoms with Crippen LogP contribution in [0.15, 0.2) is 36.4 Å². The van der Waals surface area contributed by atoms with Gasteiger partial charge in [-0.3, -0.25) is 4.79 Å². The van der Waals surface area contributed by atoms with Gasteiger partial charge in [-0.15, -0.1) is 0 Å². The number of nitrogens with one attached hydrogen (secondary N) is 1. The summed E-state index contributed by atoms with van der Waals surface area (Å²) in [5, 5.41) is 3.45. The minimum Gasteiger partial charge on any atom is -0.367 e. The van der Waals surface area contributed by atoms with Crippen LogP contribution >= 0.6 is 23.2 Å². The van der Waals surface area contributed by atoms with Gasteiger partial charge in [0, 0.05) is 31.2 Å². The zero-order valence-corrected chi connectivity index (χ0v) is 15.2. The summed E-state index contributed by atoms with van der Waals surface area (Å²) >= 11 is 12.1. The molecule has 0 saturated carbocycles. The summed E-state index contributed by atoms with van der Waals surface area (Å²) < 4.78 is 13.2. The number of nitrogens with zero attached hydrogens (tertiary/aromatic N) is 2. The van der Waals surface area contributed by atoms with E-state index in [9.17, 15) is 9.18 Å². The predicted octanol–water partition coefficient (Wildman–Crippen LogP) is 4.14. The van der Waals surface area contributed by atoms with Crippen molar-refractivity contribution in [2.24, 2.45) is 0 Å². The van der Waals surface area contributed by atoms with E-state index in [0.717, 1.165) is 37.9 Å². The topological polar surface area (TPSA) is 35.6 Å². The number of hydrogen-bond donors (Lipinski definition) is 1. The monoisotopic (exact) mass is 381 g/mol. The van der Waals surface area contributed by atoms with E-state index >= 15 is 0 Å². The highest BCUT2D eigenvalue weighted by molar-refractivity contribution is 6.34. The van der Waals surface area contributed by atoms with Crippen LogP contribution in [0.3, 0.4) is 0 Å². The number of likely N-dealkylation sites (N-methyl/N-ethyl adjacent to an activating group) is 1. The highest BCUT2D eigenvalue weighted by atomic mass is 35.5. The Morgan fingerprint density at radius 3 is 2.48 bits per heavy atom. The minimum absolute atomic E-state index is 0.0701. The van der Waals surface area contributed by atoms with Crippen molar-refractivity contribution in [2.75, 3.05) is 43.4 Å². The molecule has 1 aliphatic rings. The summed E-state index contributed by atoms with van der Waals surface area (Å²) in [5.41, 5.74) is 1.74. The fourth-order valence-electron chi connectivity index (χ4n) is 2.79. The molecular formula is C18H18Cl2FN3O. The number of benzene rings is 2. The molecule has 0 bridgehead atoms. The Morgan fingerprint density at radius 1 is 1.08 bits per heavy atom. The van der Waals surface area contributed by atoms with Gasteiger partial charge in [0.25, 0.3) is 5.91 Å². The van der Waals surface area contributed by atoms with Crippen LogP contribution in [0, 0.1) is 5.82 Å². The summed E-state index contributed by atoms with van der Waals surface area (Å²) in [6, 6.07) is 9.11. The second-order valence-corrected chi connectivity index (χ2v) is 6.87. The van der Waals surface area contributed by atoms with Crippen LogP contribution < -0.4 is 10.2 Å². The average molecular weight is 382 g/mol. The van der Waals surface area contributed by atoms with Crippen molar-refractivity contribution < 1.29 is 9.18 Å². The Bertz CT molecular complexity index is 792. The van der Waals surface area contributed by atoms with E-state index in [2.05, 4.69) is 22.2 Å². The molecule has 1 aliphatic heterocycles. The molecule has 2 aromatic rings. The van der Waals surface area contributed by atoms with Gasteiger partial charge < -0.3 is 15.1 Å². The van der Waals surface area contributed by atoms with Crippen molar-refractivity contribution in [3.8, 4) is 0 Å². The van der Waals surface area contributed by atoms with Crippen LogP contribution in [0.4, 0.5) is 15.8 Å². The van der Waals surface area contributed by atoms with Crippen molar-refractivity contribution in [1.29, 1.82) is 0 Å². The van der Waals surface area contributed by atoms with Crippen LogP contribution in [0.25, 0.3) is 0 Å². The Balaban J connectivity index is 1.86. The second kappa shape index (κ2) is 7.60. The maximum Gasteiger partial charge on any atom is 0.257 e. The fourth-order valence-corrected chi connectivity index (χ4v) is 3.22. The summed E-state index contributed by atoms with van der Waals surface area (Å²) in [6.07, 6.45) is 0. The number of carbonyl (C=O) groups is 1. The number of amides is 1. The van der Waals surface area contributed by atoms with Crippen molar-refractivity contribution in [3.05, 3.63) is 57.8 Å². The lowest BCUT2D eigenvalue weighted by Gasteiger charge is -2.35. The highest BCUT2D eigenvalue weighted by Gasteiger charge is 2.19. The molecule has 7 heteroatoms. The van der Waals surface area contributed by atoms with Gasteiger partial charge in [0.1, 0.15) is 5.82 Å². The molecule has 1 fully saturated rings. The Labute approximate surface area is 156 Å². The number of hydrogen-bond acceptors (Lipinski definition) is 3. The van der Waals surface area contributed by atoms with E-state index in [0.29, 0.717) is 10.7 Å². The first-order valence-electron chi connectivity index (χ1n) is 7.93. The molecular weight excluding hydrogens is 364 g/mol. The molecule has 1 amide bonds. The average Bonchev–Trinajstić information content (AvgIpc) is 2.56. The van der Waals surface area contributed by atoms with Gasteiger partial charge in [0.2, 0.25) is 0 Å². The molecule has 3 rings (SSSR count). The lowest BCUT2D eigenvalue weighted by molar-refractivity contribution is 0.102. The van der Waals surface area contributed by atoms with E-state index in [4.69, 9.17) is 23.2 Å². The first-order valence-corrected chi connectivity index (χ1v) is 8.69. The van der Waals surface area contributed by atoms with E-state index in [1.165, 1.54) is 12.1 Å². The van der Waals surface area contributed by atoms with Gasteiger partial charge in [0.05, 0.1) is 22.0 Å². The lowest BCUT2D eigenvalue weighted by atomic mass is 10.1. The van der Waals surface area contributed by atoms with Crippen LogP contribution in [-0.2, 0) is 0 Å². The van der Waals surface area contributed by atoms with Crippen molar-refractivity contribution in [1.82, 2.24) is 4.90 Å². The second-order valence-electron chi connectivity index (χ2n) is 6.03. The van der Waals surface area contributed by atoms with Gasteiger partial charge in [0.15, 0.2) is 0 Å². The van der Waals surface area contributed by atoms with Gasteiger partial charge in [-0.2, -0.15) is 0 Å². The maximum absolute atomic E-state index is 13.2. The molecule has 2 aromatic carbocycles. The molecule has 25 heavy (non-hydrogen) atoms. The lowest BCUT2D eigenvalue weighted by Crippen LogP contribution is -2.44. The quantitative estimate of drug-likeness (QED) is 0.867. The van der Waals surface area contributed by atoms with Gasteiger partial charge in [-0.05, 0) is 43.4 Å². The standard InChI is InChI=1S/C18H18Cl2FN3O/c1-23-6-8-24(9-7-23)17-5-2-12(19)10-16(17)22-18(25)14-4-3-13(21)11-15(14)20/h2-5,10-11H,6-9H2,1H3,(H,22,25). The summed E-state index contributed by atoms with van der Waals surface area (Å²) in [5.74, 6) is -0.884. The van der Waals surface area contributed by atoms with Gasteiger partial charge in [-0.1, -0.05) is 23.2 Å². The fraction of sp³-hybridized carbons (Fsp3) is 0.278. The third-order valence-corrected chi connectivity index (χ3v) is 4.77. The number of piperazine rings is 1. The molecule has 0 atom stereocenters. The van der Waals surface area contributed by atoms with Crippen LogP contribution in [0.5, 0.6) is 0 Å². The zero-order valence-electron chi connectivity index (χ0n) is 13.7. The number of halogens is 3. The largest absolute Gasteiger partial charge is 0.367 e. The van der Waals surface area contributed by atoms with Crippen LogP contribution in [-0.4, -0.2) is 44.0 Å². The Morgan fingerprint density at radius 2 is 1.80 bits per heavy atom. The van der Waals surface area contributed by atoms with E-state index in [-0.39, 0.29) is 10.6 Å². The van der Waals surface area contributed by atoms with Crippen LogP contribution in [0.2, 0.25) is 10.0 Å². The molecule has 0 aliphatic carbocycles. The number of rotatable bonds is 3. The predicted molar refractivity (Wildman–Crippen MR) is 101 cm³/mol. The molecule has 0 aromatic heterocycles. The summed E-state index contributed by atoms with van der Waals surface area (Å²) in [6.45, 7) is 3.61. The molecule has 1 saturated heterocycles. The molecule has 0 spiro atoms. The number of carbonyl (C=O) groups excluding carboxylic acids is 1. The normalized spacial score (nSPS) is 15.3. The third kappa shape index (κ3) is 4.24. The van der Waals surface area contributed by atoms with Crippen molar-refractivity contribution in [2.45, 2.75) is 0 Å². The van der Waals surface area contributed by atoms with Gasteiger partial charge >= 0.3 is 0 Å². The number of anilines is 2.